The first-order chi connectivity index (χ1) is 7.65. The highest BCUT2D eigenvalue weighted by Gasteiger charge is 2.43. The van der Waals surface area contributed by atoms with Crippen molar-refractivity contribution in [1.82, 2.24) is 5.48 Å². The van der Waals surface area contributed by atoms with Crippen LogP contribution in [0.1, 0.15) is 33.6 Å². The van der Waals surface area contributed by atoms with Crippen LogP contribution in [-0.4, -0.2) is 13.2 Å². The summed E-state index contributed by atoms with van der Waals surface area (Å²) in [6, 6.07) is 0.386. The van der Waals surface area contributed by atoms with E-state index in [1.165, 1.54) is 12.0 Å². The van der Waals surface area contributed by atoms with Crippen molar-refractivity contribution in [3.63, 3.8) is 0 Å². The van der Waals surface area contributed by atoms with Crippen LogP contribution in [-0.2, 0) is 4.84 Å². The van der Waals surface area contributed by atoms with Crippen LogP contribution in [0.4, 0.5) is 0 Å². The average molecular weight is 244 g/mol. The Morgan fingerprint density at radius 3 is 2.81 bits per heavy atom. The van der Waals surface area contributed by atoms with Gasteiger partial charge in [0.15, 0.2) is 0 Å². The number of nitrogens with one attached hydrogen (secondary N) is 1. The molecule has 3 heteroatoms. The lowest BCUT2D eigenvalue weighted by Crippen LogP contribution is -2.27. The molecule has 0 radical (unpaired) electrons. The maximum atomic E-state index is 6.23. The normalized spacial score (nSPS) is 28.1. The Hall–Kier alpha value is -0.310. The van der Waals surface area contributed by atoms with Gasteiger partial charge in [0.1, 0.15) is 0 Å². The lowest BCUT2D eigenvalue weighted by molar-refractivity contribution is 0.0586. The van der Waals surface area contributed by atoms with E-state index < -0.39 is 0 Å². The number of rotatable bonds is 6. The molecule has 2 nitrogen and oxygen atoms in total. The lowest BCUT2D eigenvalue weighted by Gasteiger charge is -2.12. The third-order valence-electron chi connectivity index (χ3n) is 3.14. The highest BCUT2D eigenvalue weighted by Crippen LogP contribution is 2.49. The minimum atomic E-state index is 0.386. The second-order valence-electron chi connectivity index (χ2n) is 4.32. The van der Waals surface area contributed by atoms with Gasteiger partial charge in [0.25, 0.3) is 0 Å². The van der Waals surface area contributed by atoms with Gasteiger partial charge in [0.05, 0.1) is 7.11 Å². The summed E-state index contributed by atoms with van der Waals surface area (Å²) in [6.45, 7) is 6.29. The van der Waals surface area contributed by atoms with E-state index >= 15 is 0 Å². The fourth-order valence-electron chi connectivity index (χ4n) is 2.21. The van der Waals surface area contributed by atoms with E-state index in [1.807, 2.05) is 13.0 Å². The maximum Gasteiger partial charge on any atom is 0.0572 e. The van der Waals surface area contributed by atoms with Crippen molar-refractivity contribution in [2.75, 3.05) is 7.11 Å². The van der Waals surface area contributed by atoms with Gasteiger partial charge < -0.3 is 4.84 Å². The molecule has 0 saturated heterocycles. The van der Waals surface area contributed by atoms with E-state index in [0.717, 1.165) is 11.5 Å². The molecule has 92 valence electrons. The molecule has 0 bridgehead atoms. The Labute approximate surface area is 104 Å². The zero-order chi connectivity index (χ0) is 12.1. The standard InChI is InChI=1S/C13H22ClNO/c1-5-7-10(13(14)6-2)12-8-11(12)9(3)15-16-4/h6-7,9,11-12,15H,5,8H2,1-4H3/b10-7-,13-6+/t9?,11?,12-/m1/s1. The summed E-state index contributed by atoms with van der Waals surface area (Å²) in [5.74, 6) is 1.24. The monoisotopic (exact) mass is 243 g/mol. The molecule has 1 aliphatic rings. The largest absolute Gasteiger partial charge is 0.305 e. The molecular weight excluding hydrogens is 222 g/mol. The van der Waals surface area contributed by atoms with Gasteiger partial charge in [-0.15, -0.1) is 0 Å². The quantitative estimate of drug-likeness (QED) is 0.568. The van der Waals surface area contributed by atoms with E-state index in [4.69, 9.17) is 16.4 Å². The van der Waals surface area contributed by atoms with Gasteiger partial charge in [0.2, 0.25) is 0 Å². The predicted molar refractivity (Wildman–Crippen MR) is 69.2 cm³/mol. The van der Waals surface area contributed by atoms with Gasteiger partial charge in [-0.05, 0) is 44.1 Å². The molecule has 0 aromatic rings. The summed E-state index contributed by atoms with van der Waals surface area (Å²) in [6.07, 6.45) is 6.46. The van der Waals surface area contributed by atoms with Gasteiger partial charge in [-0.25, -0.2) is 0 Å². The lowest BCUT2D eigenvalue weighted by atomic mass is 10.0. The smallest absolute Gasteiger partial charge is 0.0572 e. The molecule has 1 fully saturated rings. The zero-order valence-corrected chi connectivity index (χ0v) is 11.3. The van der Waals surface area contributed by atoms with E-state index in [-0.39, 0.29) is 0 Å². The van der Waals surface area contributed by atoms with Crippen molar-refractivity contribution in [3.05, 3.63) is 22.8 Å². The molecular formula is C13H22ClNO. The summed E-state index contributed by atoms with van der Waals surface area (Å²) in [5.41, 5.74) is 4.31. The Bertz CT molecular complexity index is 286. The van der Waals surface area contributed by atoms with E-state index in [1.54, 1.807) is 7.11 Å². The third-order valence-corrected chi connectivity index (χ3v) is 3.57. The minimum absolute atomic E-state index is 0.386. The van der Waals surface area contributed by atoms with E-state index in [0.29, 0.717) is 17.9 Å². The molecule has 1 saturated carbocycles. The number of hydrogen-bond acceptors (Lipinski definition) is 2. The van der Waals surface area contributed by atoms with Crippen molar-refractivity contribution in [2.24, 2.45) is 11.8 Å². The summed E-state index contributed by atoms with van der Waals surface area (Å²) in [5, 5.41) is 0.902. The minimum Gasteiger partial charge on any atom is -0.305 e. The molecule has 2 unspecified atom stereocenters. The van der Waals surface area contributed by atoms with Crippen LogP contribution in [0.3, 0.4) is 0 Å². The van der Waals surface area contributed by atoms with Gasteiger partial charge in [-0.2, -0.15) is 5.48 Å². The molecule has 16 heavy (non-hydrogen) atoms. The van der Waals surface area contributed by atoms with Gasteiger partial charge in [0, 0.05) is 11.1 Å². The first kappa shape index (κ1) is 13.8. The fourth-order valence-corrected chi connectivity index (χ4v) is 2.43. The molecule has 3 atom stereocenters. The van der Waals surface area contributed by atoms with Crippen LogP contribution in [0.5, 0.6) is 0 Å². The van der Waals surface area contributed by atoms with Crippen molar-refractivity contribution < 1.29 is 4.84 Å². The summed E-state index contributed by atoms with van der Waals surface area (Å²) in [4.78, 5) is 4.96. The number of allylic oxidation sites excluding steroid dienone is 4. The first-order valence-corrected chi connectivity index (χ1v) is 6.34. The molecule has 0 heterocycles. The van der Waals surface area contributed by atoms with Crippen LogP contribution in [0.2, 0.25) is 0 Å². The molecule has 0 spiro atoms. The van der Waals surface area contributed by atoms with Crippen molar-refractivity contribution >= 4 is 11.6 Å². The Kier molecular flexibility index (Phi) is 5.53. The number of hydrogen-bond donors (Lipinski definition) is 1. The highest BCUT2D eigenvalue weighted by molar-refractivity contribution is 6.32. The van der Waals surface area contributed by atoms with Crippen molar-refractivity contribution in [1.29, 1.82) is 0 Å². The number of halogens is 1. The molecule has 0 aliphatic heterocycles. The molecule has 0 amide bonds. The van der Waals surface area contributed by atoms with Crippen LogP contribution < -0.4 is 5.48 Å². The second-order valence-corrected chi connectivity index (χ2v) is 4.73. The average Bonchev–Trinajstić information content (AvgIpc) is 3.05. The fraction of sp³-hybridized carbons (Fsp3) is 0.692. The summed E-state index contributed by atoms with van der Waals surface area (Å²) >= 11 is 6.23. The zero-order valence-electron chi connectivity index (χ0n) is 10.6. The predicted octanol–water partition coefficient (Wildman–Crippen LogP) is 3.64. The highest BCUT2D eigenvalue weighted by atomic mass is 35.5. The van der Waals surface area contributed by atoms with Gasteiger partial charge in [-0.3, -0.25) is 0 Å². The van der Waals surface area contributed by atoms with E-state index in [2.05, 4.69) is 25.4 Å². The molecule has 1 N–H and O–H groups in total. The SMILES string of the molecule is C/C=C(Cl)\C(=C/CC)[C@H]1CC1C(C)NOC. The summed E-state index contributed by atoms with van der Waals surface area (Å²) in [7, 11) is 1.66. The Morgan fingerprint density at radius 1 is 1.62 bits per heavy atom. The van der Waals surface area contributed by atoms with Crippen LogP contribution >= 0.6 is 11.6 Å². The van der Waals surface area contributed by atoms with Gasteiger partial charge in [-0.1, -0.05) is 30.7 Å². The first-order valence-electron chi connectivity index (χ1n) is 5.96. The Morgan fingerprint density at radius 2 is 2.31 bits per heavy atom. The number of hydroxylamine groups is 1. The summed E-state index contributed by atoms with van der Waals surface area (Å²) < 4.78 is 0. The van der Waals surface area contributed by atoms with E-state index in [9.17, 15) is 0 Å². The van der Waals surface area contributed by atoms with Gasteiger partial charge >= 0.3 is 0 Å². The third kappa shape index (κ3) is 3.34. The van der Waals surface area contributed by atoms with Crippen LogP contribution in [0.15, 0.2) is 22.8 Å². The second kappa shape index (κ2) is 6.43. The van der Waals surface area contributed by atoms with Crippen LogP contribution in [0, 0.1) is 11.8 Å². The maximum absolute atomic E-state index is 6.23. The van der Waals surface area contributed by atoms with Crippen LogP contribution in [0.25, 0.3) is 0 Å². The molecule has 0 aromatic heterocycles. The van der Waals surface area contributed by atoms with Crippen molar-refractivity contribution in [2.45, 2.75) is 39.7 Å². The molecule has 1 aliphatic carbocycles. The Balaban J connectivity index is 2.62. The van der Waals surface area contributed by atoms with Crippen molar-refractivity contribution in [3.8, 4) is 0 Å². The topological polar surface area (TPSA) is 21.3 Å². The molecule has 1 rings (SSSR count). The molecule has 0 aromatic carbocycles.